The number of hydrogen-bond acceptors (Lipinski definition) is 3. The van der Waals surface area contributed by atoms with Gasteiger partial charge >= 0.3 is 0 Å². The number of hydrogen-bond donors (Lipinski definition) is 2. The second-order valence-corrected chi connectivity index (χ2v) is 8.77. The SMILES string of the molecule is CCNC(=NCCCCN1CC(C)CC(C)C1)N1CCCC(CC(N)=O)C1.I. The molecule has 2 rings (SSSR count). The number of unbranched alkanes of at least 4 members (excludes halogenated alkanes) is 1. The Morgan fingerprint density at radius 2 is 1.89 bits per heavy atom. The minimum atomic E-state index is -0.190. The summed E-state index contributed by atoms with van der Waals surface area (Å²) in [6.45, 7) is 14.2. The maximum atomic E-state index is 11.2. The third-order valence-electron chi connectivity index (χ3n) is 5.73. The molecule has 0 aromatic heterocycles. The summed E-state index contributed by atoms with van der Waals surface area (Å²) in [5.41, 5.74) is 5.39. The van der Waals surface area contributed by atoms with Crippen LogP contribution in [0.25, 0.3) is 0 Å². The molecule has 2 saturated heterocycles. The Balaban J connectivity index is 0.00000392. The number of carbonyl (C=O) groups is 1. The summed E-state index contributed by atoms with van der Waals surface area (Å²) < 4.78 is 0. The highest BCUT2D eigenvalue weighted by atomic mass is 127. The number of halogens is 1. The van der Waals surface area contributed by atoms with Crippen molar-refractivity contribution in [2.75, 3.05) is 45.8 Å². The third kappa shape index (κ3) is 9.29. The summed E-state index contributed by atoms with van der Waals surface area (Å²) >= 11 is 0. The number of piperidine rings is 2. The normalized spacial score (nSPS) is 26.6. The molecule has 6 nitrogen and oxygen atoms in total. The Bertz CT molecular complexity index is 477. The smallest absolute Gasteiger partial charge is 0.217 e. The van der Waals surface area contributed by atoms with Gasteiger partial charge in [0, 0.05) is 45.7 Å². The van der Waals surface area contributed by atoms with Crippen LogP contribution in [0.5, 0.6) is 0 Å². The van der Waals surface area contributed by atoms with Crippen LogP contribution in [0.2, 0.25) is 0 Å². The lowest BCUT2D eigenvalue weighted by Gasteiger charge is -2.35. The zero-order chi connectivity index (χ0) is 19.6. The van der Waals surface area contributed by atoms with E-state index in [1.165, 1.54) is 32.5 Å². The van der Waals surface area contributed by atoms with Gasteiger partial charge in [0.05, 0.1) is 0 Å². The van der Waals surface area contributed by atoms with Gasteiger partial charge in [-0.3, -0.25) is 9.79 Å². The van der Waals surface area contributed by atoms with Crippen LogP contribution in [0.15, 0.2) is 4.99 Å². The molecule has 164 valence electrons. The summed E-state index contributed by atoms with van der Waals surface area (Å²) in [5.74, 6) is 2.85. The van der Waals surface area contributed by atoms with Crippen molar-refractivity contribution < 1.29 is 4.79 Å². The van der Waals surface area contributed by atoms with E-state index in [4.69, 9.17) is 10.7 Å². The van der Waals surface area contributed by atoms with Crippen LogP contribution in [-0.4, -0.2) is 67.5 Å². The highest BCUT2D eigenvalue weighted by molar-refractivity contribution is 14.0. The highest BCUT2D eigenvalue weighted by Gasteiger charge is 2.23. The van der Waals surface area contributed by atoms with Crippen molar-refractivity contribution in [3.05, 3.63) is 0 Å². The van der Waals surface area contributed by atoms with Crippen LogP contribution in [0.3, 0.4) is 0 Å². The van der Waals surface area contributed by atoms with Gasteiger partial charge in [-0.15, -0.1) is 24.0 Å². The van der Waals surface area contributed by atoms with Crippen LogP contribution in [-0.2, 0) is 4.79 Å². The molecule has 2 heterocycles. The summed E-state index contributed by atoms with van der Waals surface area (Å²) in [7, 11) is 0. The highest BCUT2D eigenvalue weighted by Crippen LogP contribution is 2.21. The van der Waals surface area contributed by atoms with Crippen molar-refractivity contribution in [1.82, 2.24) is 15.1 Å². The molecule has 28 heavy (non-hydrogen) atoms. The first-order valence-corrected chi connectivity index (χ1v) is 11.0. The number of rotatable bonds is 8. The second kappa shape index (κ2) is 13.6. The maximum absolute atomic E-state index is 11.2. The van der Waals surface area contributed by atoms with Crippen molar-refractivity contribution in [3.63, 3.8) is 0 Å². The van der Waals surface area contributed by atoms with Crippen LogP contribution in [0.4, 0.5) is 0 Å². The molecule has 3 unspecified atom stereocenters. The summed E-state index contributed by atoms with van der Waals surface area (Å²) in [5, 5.41) is 3.43. The molecule has 0 aromatic rings. The molecule has 0 saturated carbocycles. The molecule has 0 radical (unpaired) electrons. The van der Waals surface area contributed by atoms with Gasteiger partial charge in [0.2, 0.25) is 5.91 Å². The topological polar surface area (TPSA) is 74.0 Å². The monoisotopic (exact) mass is 507 g/mol. The van der Waals surface area contributed by atoms with Gasteiger partial charge < -0.3 is 20.9 Å². The van der Waals surface area contributed by atoms with Crippen molar-refractivity contribution in [1.29, 1.82) is 0 Å². The maximum Gasteiger partial charge on any atom is 0.217 e. The van der Waals surface area contributed by atoms with Crippen LogP contribution in [0, 0.1) is 17.8 Å². The van der Waals surface area contributed by atoms with E-state index in [-0.39, 0.29) is 29.9 Å². The Labute approximate surface area is 189 Å². The Hall–Kier alpha value is -0.570. The summed E-state index contributed by atoms with van der Waals surface area (Å²) in [6.07, 6.45) is 6.40. The van der Waals surface area contributed by atoms with E-state index in [2.05, 4.69) is 35.9 Å². The van der Waals surface area contributed by atoms with Gasteiger partial charge in [0.1, 0.15) is 0 Å². The predicted molar refractivity (Wildman–Crippen MR) is 128 cm³/mol. The lowest BCUT2D eigenvalue weighted by molar-refractivity contribution is -0.119. The molecule has 0 spiro atoms. The quantitative estimate of drug-likeness (QED) is 0.229. The average molecular weight is 508 g/mol. The fourth-order valence-corrected chi connectivity index (χ4v) is 4.74. The average Bonchev–Trinajstić information content (AvgIpc) is 2.59. The van der Waals surface area contributed by atoms with Gasteiger partial charge in [-0.2, -0.15) is 0 Å². The standard InChI is InChI=1S/C21H41N5O.HI/c1-4-23-21(26-11-7-8-19(16-26)13-20(22)27)24-9-5-6-10-25-14-17(2)12-18(3)15-25;/h17-19H,4-16H2,1-3H3,(H2,22,27)(H,23,24);1H. The summed E-state index contributed by atoms with van der Waals surface area (Å²) in [4.78, 5) is 21.0. The van der Waals surface area contributed by atoms with Crippen molar-refractivity contribution in [3.8, 4) is 0 Å². The number of guanidine groups is 1. The first-order chi connectivity index (χ1) is 13.0. The molecule has 0 aliphatic carbocycles. The molecule has 0 aromatic carbocycles. The van der Waals surface area contributed by atoms with Crippen LogP contribution in [0.1, 0.15) is 59.3 Å². The minimum Gasteiger partial charge on any atom is -0.370 e. The van der Waals surface area contributed by atoms with Gasteiger partial charge in [-0.25, -0.2) is 0 Å². The van der Waals surface area contributed by atoms with E-state index in [9.17, 15) is 4.79 Å². The van der Waals surface area contributed by atoms with Gasteiger partial charge in [-0.1, -0.05) is 13.8 Å². The molecule has 0 bridgehead atoms. The number of nitrogens with zero attached hydrogens (tertiary/aromatic N) is 3. The van der Waals surface area contributed by atoms with Crippen molar-refractivity contribution in [2.24, 2.45) is 28.5 Å². The number of carbonyl (C=O) groups excluding carboxylic acids is 1. The first-order valence-electron chi connectivity index (χ1n) is 11.0. The minimum absolute atomic E-state index is 0. The fourth-order valence-electron chi connectivity index (χ4n) is 4.74. The molecule has 2 fully saturated rings. The van der Waals surface area contributed by atoms with E-state index < -0.39 is 0 Å². The van der Waals surface area contributed by atoms with Crippen LogP contribution >= 0.6 is 24.0 Å². The number of likely N-dealkylation sites (tertiary alicyclic amines) is 2. The van der Waals surface area contributed by atoms with Crippen molar-refractivity contribution >= 4 is 35.8 Å². The van der Waals surface area contributed by atoms with E-state index in [1.807, 2.05) is 0 Å². The number of amides is 1. The summed E-state index contributed by atoms with van der Waals surface area (Å²) in [6, 6.07) is 0. The lowest BCUT2D eigenvalue weighted by Crippen LogP contribution is -2.47. The van der Waals surface area contributed by atoms with E-state index in [0.29, 0.717) is 12.3 Å². The van der Waals surface area contributed by atoms with Gasteiger partial charge in [0.25, 0.3) is 0 Å². The number of nitrogens with two attached hydrogens (primary N) is 1. The second-order valence-electron chi connectivity index (χ2n) is 8.77. The number of nitrogens with one attached hydrogen (secondary N) is 1. The fraction of sp³-hybridized carbons (Fsp3) is 0.905. The van der Waals surface area contributed by atoms with Crippen LogP contribution < -0.4 is 11.1 Å². The molecule has 1 amide bonds. The van der Waals surface area contributed by atoms with Gasteiger partial charge in [-0.05, 0) is 63.3 Å². The molecular formula is C21H42IN5O. The molecule has 2 aliphatic heterocycles. The Morgan fingerprint density at radius 3 is 2.54 bits per heavy atom. The number of aliphatic imine (C=N–C) groups is 1. The van der Waals surface area contributed by atoms with Crippen molar-refractivity contribution in [2.45, 2.75) is 59.3 Å². The molecule has 7 heteroatoms. The third-order valence-corrected chi connectivity index (χ3v) is 5.73. The molecular weight excluding hydrogens is 465 g/mol. The van der Waals surface area contributed by atoms with E-state index in [1.54, 1.807) is 0 Å². The zero-order valence-corrected chi connectivity index (χ0v) is 20.5. The van der Waals surface area contributed by atoms with Gasteiger partial charge in [0.15, 0.2) is 5.96 Å². The largest absolute Gasteiger partial charge is 0.370 e. The first kappa shape index (κ1) is 25.5. The number of primary amides is 1. The van der Waals surface area contributed by atoms with E-state index in [0.717, 1.165) is 63.2 Å². The molecule has 3 atom stereocenters. The lowest BCUT2D eigenvalue weighted by atomic mass is 9.92. The Morgan fingerprint density at radius 1 is 1.18 bits per heavy atom. The van der Waals surface area contributed by atoms with E-state index >= 15 is 0 Å². The molecule has 2 aliphatic rings. The molecule has 3 N–H and O–H groups in total. The predicted octanol–water partition coefficient (Wildman–Crippen LogP) is 2.92. The Kier molecular flexibility index (Phi) is 12.4. The zero-order valence-electron chi connectivity index (χ0n) is 18.2.